The van der Waals surface area contributed by atoms with Crippen molar-refractivity contribution >= 4 is 68.1 Å². The Hall–Kier alpha value is -2.73. The number of aliphatic carboxylic acids is 1. The Morgan fingerprint density at radius 1 is 1.04 bits per heavy atom. The summed E-state index contributed by atoms with van der Waals surface area (Å²) < 4.78 is 13.1. The molecule has 2 saturated heterocycles. The molecule has 9 nitrogen and oxygen atoms in total. The molecular weight excluding hydrogens is 661 g/mol. The molecular formula is C35H41Cl2N3O6S. The van der Waals surface area contributed by atoms with Gasteiger partial charge in [-0.3, -0.25) is 19.3 Å². The molecule has 47 heavy (non-hydrogen) atoms. The molecule has 1 aromatic heterocycles. The minimum Gasteiger partial charge on any atom is -0.481 e. The number of carboxylic acid groups (broad SMARTS) is 1. The molecule has 6 rings (SSSR count). The van der Waals surface area contributed by atoms with Gasteiger partial charge >= 0.3 is 5.97 Å². The first kappa shape index (κ1) is 34.1. The van der Waals surface area contributed by atoms with Gasteiger partial charge in [-0.25, -0.2) is 0 Å². The maximum absolute atomic E-state index is 13.9. The SMILES string of the molecule is CO[C@H]1CN([C@H]2C[C@@H](COC3CCC(C(=O)O)CC3)N(C(=O)Cc3cc(Cl)c(NC(=O)c4csc5ccccc45)cc3Cl)C2)C[C@H]1C. The van der Waals surface area contributed by atoms with Gasteiger partial charge in [0.15, 0.2) is 0 Å². The minimum atomic E-state index is -0.738. The first-order chi connectivity index (χ1) is 22.6. The lowest BCUT2D eigenvalue weighted by molar-refractivity contribution is -0.144. The lowest BCUT2D eigenvalue weighted by Crippen LogP contribution is -2.41. The fourth-order valence-corrected chi connectivity index (χ4v) is 8.75. The van der Waals surface area contributed by atoms with Crippen molar-refractivity contribution in [1.82, 2.24) is 9.80 Å². The number of nitrogens with zero attached hydrogens (tertiary/aromatic N) is 2. The highest BCUT2D eigenvalue weighted by Crippen LogP contribution is 2.34. The standard InChI is InChI=1S/C35H41Cl2N3O6S/c1-20-15-39(17-31(20)45-2)23-13-24(18-46-25-9-7-21(8-10-25)35(43)44)40(16-23)33(41)12-22-11-29(37)30(14-28(22)36)38-34(42)27-19-47-32-6-4-3-5-26(27)32/h3-6,11,14,19-21,23-25,31H,7-10,12-13,15-18H2,1-2H3,(H,38,42)(H,43,44)/t20-,21?,23+,24+,25?,31+/m1/s1. The molecule has 3 heterocycles. The molecule has 1 saturated carbocycles. The highest BCUT2D eigenvalue weighted by molar-refractivity contribution is 7.17. The lowest BCUT2D eigenvalue weighted by atomic mass is 9.87. The van der Waals surface area contributed by atoms with Crippen molar-refractivity contribution in [3.8, 4) is 0 Å². The summed E-state index contributed by atoms with van der Waals surface area (Å²) in [5, 5.41) is 15.6. The number of methoxy groups -OCH3 is 1. The van der Waals surface area contributed by atoms with E-state index in [4.69, 9.17) is 32.7 Å². The van der Waals surface area contributed by atoms with Gasteiger partial charge < -0.3 is 24.8 Å². The van der Waals surface area contributed by atoms with Gasteiger partial charge in [0.1, 0.15) is 0 Å². The van der Waals surface area contributed by atoms with E-state index in [0.717, 1.165) is 29.6 Å². The summed E-state index contributed by atoms with van der Waals surface area (Å²) in [6, 6.07) is 11.1. The van der Waals surface area contributed by atoms with Crippen molar-refractivity contribution < 1.29 is 29.0 Å². The zero-order valence-corrected chi connectivity index (χ0v) is 29.0. The average Bonchev–Trinajstić information content (AvgIpc) is 3.79. The minimum absolute atomic E-state index is 0.00522. The van der Waals surface area contributed by atoms with Crippen molar-refractivity contribution in [3.05, 3.63) is 63.0 Å². The zero-order valence-electron chi connectivity index (χ0n) is 26.6. The Morgan fingerprint density at radius 3 is 2.53 bits per heavy atom. The van der Waals surface area contributed by atoms with Gasteiger partial charge in [0.2, 0.25) is 5.91 Å². The van der Waals surface area contributed by atoms with E-state index in [1.165, 1.54) is 11.3 Å². The molecule has 3 aliphatic rings. The summed E-state index contributed by atoms with van der Waals surface area (Å²) in [6.07, 6.45) is 3.65. The second kappa shape index (κ2) is 14.8. The normalized spacial score (nSPS) is 26.6. The zero-order chi connectivity index (χ0) is 33.2. The number of hydrogen-bond donors (Lipinski definition) is 2. The number of carbonyl (C=O) groups is 3. The van der Waals surface area contributed by atoms with Crippen LogP contribution in [0.3, 0.4) is 0 Å². The molecule has 3 fully saturated rings. The Kier molecular flexibility index (Phi) is 10.8. The van der Waals surface area contributed by atoms with Gasteiger partial charge in [-0.05, 0) is 61.8 Å². The van der Waals surface area contributed by atoms with Gasteiger partial charge in [0.05, 0.1) is 53.5 Å². The number of benzene rings is 2. The first-order valence-electron chi connectivity index (χ1n) is 16.3. The van der Waals surface area contributed by atoms with Gasteiger partial charge in [0, 0.05) is 53.3 Å². The van der Waals surface area contributed by atoms with Crippen LogP contribution in [0.5, 0.6) is 0 Å². The number of amides is 2. The first-order valence-corrected chi connectivity index (χ1v) is 17.9. The molecule has 0 unspecified atom stereocenters. The summed E-state index contributed by atoms with van der Waals surface area (Å²) >= 11 is 14.8. The van der Waals surface area contributed by atoms with Gasteiger partial charge in [-0.2, -0.15) is 0 Å². The van der Waals surface area contributed by atoms with Crippen LogP contribution in [0.1, 0.15) is 54.9 Å². The third-order valence-electron chi connectivity index (χ3n) is 10.1. The molecule has 12 heteroatoms. The quantitative estimate of drug-likeness (QED) is 0.245. The van der Waals surface area contributed by atoms with Crippen molar-refractivity contribution in [2.45, 2.75) is 69.7 Å². The van der Waals surface area contributed by atoms with Crippen LogP contribution in [0, 0.1) is 11.8 Å². The maximum atomic E-state index is 13.9. The monoisotopic (exact) mass is 701 g/mol. The van der Waals surface area contributed by atoms with Crippen molar-refractivity contribution in [2.24, 2.45) is 11.8 Å². The van der Waals surface area contributed by atoms with E-state index in [1.807, 2.05) is 34.5 Å². The topological polar surface area (TPSA) is 108 Å². The van der Waals surface area contributed by atoms with E-state index < -0.39 is 5.97 Å². The predicted molar refractivity (Wildman–Crippen MR) is 185 cm³/mol. The van der Waals surface area contributed by atoms with E-state index in [-0.39, 0.29) is 48.4 Å². The molecule has 2 aromatic carbocycles. The Bertz CT molecular complexity index is 1630. The van der Waals surface area contributed by atoms with Gasteiger partial charge in [-0.1, -0.05) is 48.3 Å². The molecule has 2 aliphatic heterocycles. The second-order valence-electron chi connectivity index (χ2n) is 13.1. The number of thiophene rings is 1. The van der Waals surface area contributed by atoms with Crippen molar-refractivity contribution in [1.29, 1.82) is 0 Å². The molecule has 252 valence electrons. The Labute approximate surface area is 289 Å². The summed E-state index contributed by atoms with van der Waals surface area (Å²) in [6.45, 7) is 4.91. The number of halogens is 2. The molecule has 2 N–H and O–H groups in total. The van der Waals surface area contributed by atoms with E-state index in [0.29, 0.717) is 71.6 Å². The molecule has 2 amide bonds. The van der Waals surface area contributed by atoms with Gasteiger partial charge in [0.25, 0.3) is 5.91 Å². The van der Waals surface area contributed by atoms with Crippen LogP contribution in [0.25, 0.3) is 10.1 Å². The number of nitrogens with one attached hydrogen (secondary N) is 1. The highest BCUT2D eigenvalue weighted by atomic mass is 35.5. The van der Waals surface area contributed by atoms with Crippen molar-refractivity contribution in [3.63, 3.8) is 0 Å². The van der Waals surface area contributed by atoms with Gasteiger partial charge in [-0.15, -0.1) is 11.3 Å². The maximum Gasteiger partial charge on any atom is 0.306 e. The van der Waals surface area contributed by atoms with E-state index in [1.54, 1.807) is 19.2 Å². The smallest absolute Gasteiger partial charge is 0.306 e. The molecule has 0 spiro atoms. The summed E-state index contributed by atoms with van der Waals surface area (Å²) in [5.41, 5.74) is 1.53. The van der Waals surface area contributed by atoms with Crippen LogP contribution >= 0.6 is 34.5 Å². The molecule has 0 bridgehead atoms. The number of anilines is 1. The van der Waals surface area contributed by atoms with Crippen LogP contribution in [0.15, 0.2) is 41.8 Å². The number of fused-ring (bicyclic) bond motifs is 1. The average molecular weight is 703 g/mol. The number of carboxylic acids is 1. The summed E-state index contributed by atoms with van der Waals surface area (Å²) in [7, 11) is 1.75. The third-order valence-corrected chi connectivity index (χ3v) is 11.7. The fraction of sp³-hybridized carbons (Fsp3) is 0.514. The number of hydrogen-bond acceptors (Lipinski definition) is 7. The number of ether oxygens (including phenoxy) is 2. The molecule has 4 atom stereocenters. The fourth-order valence-electron chi connectivity index (χ4n) is 7.35. The molecule has 0 radical (unpaired) electrons. The Balaban J connectivity index is 1.13. The number of rotatable bonds is 10. The summed E-state index contributed by atoms with van der Waals surface area (Å²) in [4.78, 5) is 42.8. The lowest BCUT2D eigenvalue weighted by Gasteiger charge is -2.30. The Morgan fingerprint density at radius 2 is 1.81 bits per heavy atom. The van der Waals surface area contributed by atoms with E-state index in [9.17, 15) is 19.5 Å². The number of likely N-dealkylation sites (tertiary alicyclic amines) is 2. The van der Waals surface area contributed by atoms with Crippen LogP contribution in [-0.2, 0) is 25.5 Å². The van der Waals surface area contributed by atoms with Crippen LogP contribution in [0.4, 0.5) is 5.69 Å². The van der Waals surface area contributed by atoms with Crippen LogP contribution < -0.4 is 5.32 Å². The van der Waals surface area contributed by atoms with Crippen molar-refractivity contribution in [2.75, 3.05) is 38.7 Å². The van der Waals surface area contributed by atoms with E-state index >= 15 is 0 Å². The van der Waals surface area contributed by atoms with Crippen LogP contribution in [-0.4, -0.2) is 90.3 Å². The second-order valence-corrected chi connectivity index (χ2v) is 14.9. The molecule has 1 aliphatic carbocycles. The third kappa shape index (κ3) is 7.63. The largest absolute Gasteiger partial charge is 0.481 e. The van der Waals surface area contributed by atoms with Crippen LogP contribution in [0.2, 0.25) is 10.0 Å². The predicted octanol–water partition coefficient (Wildman–Crippen LogP) is 6.60. The van der Waals surface area contributed by atoms with E-state index in [2.05, 4.69) is 17.1 Å². The number of carbonyl (C=O) groups excluding carboxylic acids is 2. The molecule has 3 aromatic rings. The summed E-state index contributed by atoms with van der Waals surface area (Å²) in [5.74, 6) is -0.980. The highest BCUT2D eigenvalue weighted by Gasteiger charge is 2.42.